The minimum absolute atomic E-state index is 0. The quantitative estimate of drug-likeness (QED) is 0.0179. The fourth-order valence-corrected chi connectivity index (χ4v) is 12.7. The van der Waals surface area contributed by atoms with Gasteiger partial charge in [-0.3, -0.25) is 28.3 Å². The smallest absolute Gasteiger partial charge is 0.756 e. The normalized spacial score (nSPS) is 13.2. The zero-order chi connectivity index (χ0) is 81.7. The van der Waals surface area contributed by atoms with Crippen LogP contribution in [-0.4, -0.2) is 175 Å². The summed E-state index contributed by atoms with van der Waals surface area (Å²) < 4.78 is 105. The average molecular weight is 1640 g/mol. The third kappa shape index (κ3) is 79.6. The summed E-state index contributed by atoms with van der Waals surface area (Å²) in [5, 5.41) is 0. The van der Waals surface area contributed by atoms with E-state index in [2.05, 4.69) is 37.2 Å². The Morgan fingerprint density at radius 2 is 0.405 bits per heavy atom. The molecular weight excluding hydrogens is 1500 g/mol. The number of ether oxygens (including phenoxy) is 12. The Morgan fingerprint density at radius 1 is 0.225 bits per heavy atom. The van der Waals surface area contributed by atoms with Crippen molar-refractivity contribution in [2.75, 3.05) is 79.3 Å². The molecule has 4 unspecified atom stereocenters. The van der Waals surface area contributed by atoms with E-state index in [1.807, 2.05) is 0 Å². The Balaban J connectivity index is -0.00000208. The van der Waals surface area contributed by atoms with Crippen molar-refractivity contribution in [3.8, 4) is 0 Å². The fraction of sp³-hybridized carbons (Fsp3) is 0.900. The molecule has 0 radical (unpaired) electrons. The summed E-state index contributed by atoms with van der Waals surface area (Å²) in [5.41, 5.74) is 0. The van der Waals surface area contributed by atoms with E-state index in [1.165, 1.54) is 180 Å². The number of phosphoric ester groups is 2. The molecule has 0 spiro atoms. The zero-order valence-corrected chi connectivity index (χ0v) is 73.0. The number of rotatable bonds is 76. The van der Waals surface area contributed by atoms with Crippen molar-refractivity contribution in [2.45, 2.75) is 388 Å². The second kappa shape index (κ2) is 81.1. The summed E-state index contributed by atoms with van der Waals surface area (Å²) in [6.45, 7) is 10.2. The maximum atomic E-state index is 12.7. The molecule has 648 valence electrons. The summed E-state index contributed by atoms with van der Waals surface area (Å²) >= 11 is 0. The molecule has 0 bridgehead atoms. The monoisotopic (exact) mass is 1640 g/mol. The van der Waals surface area contributed by atoms with Gasteiger partial charge in [-0.25, -0.2) is 19.2 Å². The van der Waals surface area contributed by atoms with Crippen LogP contribution in [0.5, 0.6) is 0 Å². The van der Waals surface area contributed by atoms with Crippen molar-refractivity contribution in [3.63, 3.8) is 0 Å². The minimum Gasteiger partial charge on any atom is -0.756 e. The van der Waals surface area contributed by atoms with Gasteiger partial charge in [0.25, 0.3) is 15.6 Å². The molecule has 6 atom stereocenters. The molecule has 0 amide bonds. The molecule has 0 aromatic heterocycles. The van der Waals surface area contributed by atoms with Gasteiger partial charge >= 0.3 is 71.6 Å². The van der Waals surface area contributed by atoms with Gasteiger partial charge in [0.1, 0.15) is 26.4 Å². The Morgan fingerprint density at radius 3 is 0.622 bits per heavy atom. The molecule has 0 aliphatic heterocycles. The van der Waals surface area contributed by atoms with Crippen molar-refractivity contribution in [1.82, 2.24) is 0 Å². The molecule has 31 heteroatoms. The van der Waals surface area contributed by atoms with E-state index in [0.29, 0.717) is 25.7 Å². The largest absolute Gasteiger partial charge is 2.00 e. The molecule has 111 heavy (non-hydrogen) atoms. The van der Waals surface area contributed by atoms with Crippen LogP contribution in [-0.2, 0) is 103 Å². The molecule has 0 fully saturated rings. The molecule has 0 aliphatic rings. The van der Waals surface area contributed by atoms with E-state index < -0.39 is 141 Å². The van der Waals surface area contributed by atoms with Crippen LogP contribution in [0, 0.1) is 0 Å². The molecule has 0 aliphatic carbocycles. The van der Waals surface area contributed by atoms with Crippen LogP contribution in [0.4, 0.5) is 19.2 Å². The van der Waals surface area contributed by atoms with Gasteiger partial charge < -0.3 is 84.7 Å². The summed E-state index contributed by atoms with van der Waals surface area (Å²) in [6, 6.07) is 0. The Bertz CT molecular complexity index is 2180. The summed E-state index contributed by atoms with van der Waals surface area (Å²) in [7, 11) is -10.2. The van der Waals surface area contributed by atoms with Gasteiger partial charge in [-0.15, -0.1) is 0 Å². The average Bonchev–Trinajstić information content (AvgIpc) is 0.900. The van der Waals surface area contributed by atoms with Gasteiger partial charge in [-0.05, 0) is 53.4 Å². The molecule has 0 saturated heterocycles. The Kier molecular flexibility index (Phi) is 81.2. The van der Waals surface area contributed by atoms with Crippen molar-refractivity contribution in [2.24, 2.45) is 0 Å². The van der Waals surface area contributed by atoms with Crippen molar-refractivity contribution >= 4 is 87.2 Å². The van der Waals surface area contributed by atoms with Gasteiger partial charge in [0, 0.05) is 25.7 Å². The van der Waals surface area contributed by atoms with E-state index in [0.717, 1.165) is 77.0 Å². The first-order valence-electron chi connectivity index (χ1n) is 42.3. The van der Waals surface area contributed by atoms with Gasteiger partial charge in [-0.2, -0.15) is 0 Å². The standard InChI is InChI=1S/2C40H75O14P.Mg/c2*1-5-9-11-13-15-17-19-21-23-25-27-29-37(41)49-31-35(53-38(42)30-28-26-24-22-20-18-16-14-12-10-6-2)33-51-55(45,46)52-34-36(54-40(44)48-8-4)32-50-39(43)47-7-3;/h2*35-36H,5-34H2,1-4H3,(H,45,46);/q;;+2/p-2/t2*35-,36?;/m11./s1. The summed E-state index contributed by atoms with van der Waals surface area (Å²) in [4.78, 5) is 123. The molecule has 0 N–H and O–H groups in total. The molecule has 0 heterocycles. The van der Waals surface area contributed by atoms with Gasteiger partial charge in [0.05, 0.1) is 52.9 Å². The molecule has 0 saturated carbocycles. The maximum Gasteiger partial charge on any atom is 2.00 e. The molecule has 0 rings (SSSR count). The first-order chi connectivity index (χ1) is 53.1. The molecule has 0 aromatic rings. The minimum atomic E-state index is -5.08. The number of phosphoric acid groups is 2. The fourth-order valence-electron chi connectivity index (χ4n) is 11.2. The Labute approximate surface area is 683 Å². The topological polar surface area (TPSA) is 364 Å². The van der Waals surface area contributed by atoms with Crippen molar-refractivity contribution < 1.29 is 132 Å². The maximum absolute atomic E-state index is 12.7. The van der Waals surface area contributed by atoms with E-state index in [4.69, 9.17) is 65.5 Å². The molecule has 28 nitrogen and oxygen atoms in total. The number of unbranched alkanes of at least 4 members (excludes halogenated alkanes) is 40. The van der Waals surface area contributed by atoms with E-state index in [-0.39, 0.29) is 75.2 Å². The number of carbonyl (C=O) groups is 8. The SMILES string of the molecule is CCCCCCCCCCCCCC(=O)OC[C@H](COP(=O)([O-])OCC(COC(=O)OCC)OC(=O)OCC)OC(=O)CCCCCCCCCCCCC.CCCCCCCCCCCCCC(=O)OC[C@H](COP(=O)([O-])OCC(COC(=O)OCC)OC(=O)OCC)OC(=O)CCCCCCCCCCCCC.[Mg+2]. The predicted molar refractivity (Wildman–Crippen MR) is 421 cm³/mol. The summed E-state index contributed by atoms with van der Waals surface area (Å²) in [5.74, 6) is -2.09. The van der Waals surface area contributed by atoms with E-state index in [9.17, 15) is 57.3 Å². The number of hydrogen-bond acceptors (Lipinski definition) is 28. The van der Waals surface area contributed by atoms with Gasteiger partial charge in [0.2, 0.25) is 0 Å². The van der Waals surface area contributed by atoms with Gasteiger partial charge in [-0.1, -0.05) is 285 Å². The van der Waals surface area contributed by atoms with Crippen molar-refractivity contribution in [1.29, 1.82) is 0 Å². The number of hydrogen-bond donors (Lipinski definition) is 0. The van der Waals surface area contributed by atoms with Crippen LogP contribution < -0.4 is 9.79 Å². The summed E-state index contributed by atoms with van der Waals surface area (Å²) in [6.07, 6.45) is 40.8. The predicted octanol–water partition coefficient (Wildman–Crippen LogP) is 19.7. The number of carbonyl (C=O) groups excluding carboxylic acids is 8. The van der Waals surface area contributed by atoms with Crippen LogP contribution in [0.15, 0.2) is 0 Å². The third-order valence-electron chi connectivity index (χ3n) is 17.4. The van der Waals surface area contributed by atoms with Crippen molar-refractivity contribution in [3.05, 3.63) is 0 Å². The molecule has 0 aromatic carbocycles. The first-order valence-corrected chi connectivity index (χ1v) is 45.2. The number of esters is 4. The van der Waals surface area contributed by atoms with Gasteiger partial charge in [0.15, 0.2) is 24.4 Å². The van der Waals surface area contributed by atoms with Crippen LogP contribution in [0.1, 0.15) is 364 Å². The van der Waals surface area contributed by atoms with Crippen LogP contribution in [0.25, 0.3) is 0 Å². The zero-order valence-electron chi connectivity index (χ0n) is 69.8. The van der Waals surface area contributed by atoms with E-state index >= 15 is 0 Å². The van der Waals surface area contributed by atoms with Crippen LogP contribution in [0.3, 0.4) is 0 Å². The second-order valence-corrected chi connectivity index (χ2v) is 30.5. The second-order valence-electron chi connectivity index (χ2n) is 27.6. The van der Waals surface area contributed by atoms with Crippen LogP contribution in [0.2, 0.25) is 0 Å². The Hall–Kier alpha value is -4.05. The van der Waals surface area contributed by atoms with E-state index in [1.54, 1.807) is 27.7 Å². The first kappa shape index (κ1) is 111. The third-order valence-corrected chi connectivity index (χ3v) is 19.3. The molecular formula is C80H148MgO28P2. The van der Waals surface area contributed by atoms with Crippen LogP contribution >= 0.6 is 15.6 Å².